The van der Waals surface area contributed by atoms with Gasteiger partial charge in [-0.05, 0) is 44.2 Å². The molecule has 1 fully saturated rings. The number of amides is 3. The van der Waals surface area contributed by atoms with Crippen LogP contribution in [0.1, 0.15) is 50.7 Å². The summed E-state index contributed by atoms with van der Waals surface area (Å²) in [6, 6.07) is 8.09. The third-order valence-electron chi connectivity index (χ3n) is 4.82. The van der Waals surface area contributed by atoms with Crippen LogP contribution >= 0.6 is 0 Å². The summed E-state index contributed by atoms with van der Waals surface area (Å²) in [5, 5.41) is 0. The maximum absolute atomic E-state index is 12.9. The number of fused-ring (bicyclic) bond motifs is 1. The van der Waals surface area contributed by atoms with Gasteiger partial charge < -0.3 is 14.1 Å². The van der Waals surface area contributed by atoms with E-state index in [-0.39, 0.29) is 36.1 Å². The molecule has 27 heavy (non-hydrogen) atoms. The van der Waals surface area contributed by atoms with Gasteiger partial charge in [0.2, 0.25) is 0 Å². The summed E-state index contributed by atoms with van der Waals surface area (Å²) in [4.78, 5) is 41.0. The van der Waals surface area contributed by atoms with E-state index in [2.05, 4.69) is 0 Å². The molecule has 0 N–H and O–H groups in total. The highest BCUT2D eigenvalue weighted by atomic mass is 16.5. The molecule has 3 amide bonds. The van der Waals surface area contributed by atoms with Gasteiger partial charge in [-0.1, -0.05) is 0 Å². The lowest BCUT2D eigenvalue weighted by Crippen LogP contribution is -2.48. The summed E-state index contributed by atoms with van der Waals surface area (Å²) in [7, 11) is 0. The highest BCUT2D eigenvalue weighted by Gasteiger charge is 2.37. The molecule has 7 nitrogen and oxygen atoms in total. The number of nitrogens with zero attached hydrogens (tertiary/aromatic N) is 2. The number of furan rings is 1. The Morgan fingerprint density at radius 2 is 1.78 bits per heavy atom. The van der Waals surface area contributed by atoms with Crippen molar-refractivity contribution in [1.82, 2.24) is 9.80 Å². The number of imide groups is 1. The number of carbonyl (C=O) groups excluding carboxylic acids is 3. The summed E-state index contributed by atoms with van der Waals surface area (Å²) in [6.45, 7) is 4.91. The zero-order chi connectivity index (χ0) is 19.1. The molecule has 1 saturated heterocycles. The highest BCUT2D eigenvalue weighted by Crippen LogP contribution is 2.26. The molecule has 140 valence electrons. The Morgan fingerprint density at radius 1 is 1.07 bits per heavy atom. The van der Waals surface area contributed by atoms with E-state index in [1.54, 1.807) is 29.2 Å². The lowest BCUT2D eigenvalue weighted by Gasteiger charge is -2.35. The highest BCUT2D eigenvalue weighted by molar-refractivity contribution is 6.22. The van der Waals surface area contributed by atoms with E-state index in [0.717, 1.165) is 4.90 Å². The summed E-state index contributed by atoms with van der Waals surface area (Å²) in [5.74, 6) is -0.426. The largest absolute Gasteiger partial charge is 0.467 e. The minimum atomic E-state index is -0.412. The number of benzene rings is 1. The first-order valence-electron chi connectivity index (χ1n) is 8.91. The van der Waals surface area contributed by atoms with E-state index in [1.165, 1.54) is 12.3 Å². The van der Waals surface area contributed by atoms with Gasteiger partial charge in [0.15, 0.2) is 0 Å². The van der Waals surface area contributed by atoms with Crippen molar-refractivity contribution in [3.05, 3.63) is 59.0 Å². The number of ether oxygens (including phenoxy) is 1. The maximum Gasteiger partial charge on any atom is 0.261 e. The first-order valence-corrected chi connectivity index (χ1v) is 8.91. The predicted molar refractivity (Wildman–Crippen MR) is 95.3 cm³/mol. The van der Waals surface area contributed by atoms with E-state index < -0.39 is 5.91 Å². The average Bonchev–Trinajstić information content (AvgIpc) is 3.23. The van der Waals surface area contributed by atoms with Gasteiger partial charge in [0, 0.05) is 18.7 Å². The van der Waals surface area contributed by atoms with Crippen molar-refractivity contribution in [1.29, 1.82) is 0 Å². The zero-order valence-corrected chi connectivity index (χ0v) is 15.2. The Morgan fingerprint density at radius 3 is 2.44 bits per heavy atom. The summed E-state index contributed by atoms with van der Waals surface area (Å²) < 4.78 is 10.9. The fourth-order valence-corrected chi connectivity index (χ4v) is 3.65. The van der Waals surface area contributed by atoms with Crippen LogP contribution in [-0.2, 0) is 11.3 Å². The number of carbonyl (C=O) groups is 3. The van der Waals surface area contributed by atoms with E-state index in [4.69, 9.17) is 9.15 Å². The minimum Gasteiger partial charge on any atom is -0.467 e. The number of hydrogen-bond acceptors (Lipinski definition) is 5. The predicted octanol–water partition coefficient (Wildman–Crippen LogP) is 2.33. The number of hydrogen-bond donors (Lipinski definition) is 0. The van der Waals surface area contributed by atoms with Gasteiger partial charge in [-0.15, -0.1) is 0 Å². The SMILES string of the molecule is C[C@@H]1CN(C(=O)c2ccc3c(c2)C(=O)N(Cc2ccco2)C3=O)C[C@H](C)O1. The fraction of sp³-hybridized carbons (Fsp3) is 0.350. The average molecular weight is 368 g/mol. The maximum atomic E-state index is 12.9. The Hall–Kier alpha value is -2.93. The molecule has 0 saturated carbocycles. The van der Waals surface area contributed by atoms with Gasteiger partial charge in [-0.25, -0.2) is 0 Å². The quantitative estimate of drug-likeness (QED) is 0.777. The van der Waals surface area contributed by atoms with Crippen LogP contribution in [-0.4, -0.2) is 52.8 Å². The van der Waals surface area contributed by atoms with E-state index in [0.29, 0.717) is 30.0 Å². The smallest absolute Gasteiger partial charge is 0.261 e. The van der Waals surface area contributed by atoms with Crippen molar-refractivity contribution in [3.8, 4) is 0 Å². The molecule has 2 aliphatic heterocycles. The molecule has 2 atom stereocenters. The molecular weight excluding hydrogens is 348 g/mol. The molecule has 0 aliphatic carbocycles. The first kappa shape index (κ1) is 17.5. The summed E-state index contributed by atoms with van der Waals surface area (Å²) in [6.07, 6.45) is 1.41. The third-order valence-corrected chi connectivity index (χ3v) is 4.82. The molecule has 1 aromatic heterocycles. The van der Waals surface area contributed by atoms with Crippen LogP contribution in [0.5, 0.6) is 0 Å². The third kappa shape index (κ3) is 3.14. The van der Waals surface area contributed by atoms with E-state index in [1.807, 2.05) is 13.8 Å². The lowest BCUT2D eigenvalue weighted by molar-refractivity contribution is -0.0586. The second kappa shape index (κ2) is 6.66. The fourth-order valence-electron chi connectivity index (χ4n) is 3.65. The first-order chi connectivity index (χ1) is 12.9. The van der Waals surface area contributed by atoms with Gasteiger partial charge in [-0.3, -0.25) is 19.3 Å². The lowest BCUT2D eigenvalue weighted by atomic mass is 10.0. The molecule has 4 rings (SSSR count). The number of morpholine rings is 1. The van der Waals surface area contributed by atoms with Gasteiger partial charge >= 0.3 is 0 Å². The second-order valence-electron chi connectivity index (χ2n) is 7.00. The van der Waals surface area contributed by atoms with Crippen LogP contribution in [0.4, 0.5) is 0 Å². The monoisotopic (exact) mass is 368 g/mol. The van der Waals surface area contributed by atoms with Crippen molar-refractivity contribution in [2.24, 2.45) is 0 Å². The van der Waals surface area contributed by atoms with Crippen LogP contribution in [0.15, 0.2) is 41.0 Å². The van der Waals surface area contributed by atoms with Crippen molar-refractivity contribution < 1.29 is 23.5 Å². The van der Waals surface area contributed by atoms with Crippen molar-refractivity contribution in [2.45, 2.75) is 32.6 Å². The Bertz CT molecular complexity index is 895. The molecule has 0 radical (unpaired) electrons. The molecule has 2 aliphatic rings. The molecule has 3 heterocycles. The topological polar surface area (TPSA) is 80.1 Å². The Labute approximate surface area is 156 Å². The molecule has 0 unspecified atom stereocenters. The Kier molecular flexibility index (Phi) is 4.31. The Balaban J connectivity index is 1.58. The van der Waals surface area contributed by atoms with Crippen LogP contribution < -0.4 is 0 Å². The second-order valence-corrected chi connectivity index (χ2v) is 7.00. The molecular formula is C20H20N2O5. The standard InChI is InChI=1S/C20H20N2O5/c1-12-9-21(10-13(2)27-12)18(23)14-5-6-16-17(8-14)20(25)22(19(16)24)11-15-4-3-7-26-15/h3-8,12-13H,9-11H2,1-2H3/t12-,13+. The van der Waals surface area contributed by atoms with Crippen molar-refractivity contribution in [2.75, 3.05) is 13.1 Å². The normalized spacial score (nSPS) is 22.3. The molecule has 1 aromatic carbocycles. The van der Waals surface area contributed by atoms with E-state index >= 15 is 0 Å². The number of rotatable bonds is 3. The van der Waals surface area contributed by atoms with Crippen LogP contribution in [0.3, 0.4) is 0 Å². The van der Waals surface area contributed by atoms with Gasteiger partial charge in [0.05, 0.1) is 36.1 Å². The van der Waals surface area contributed by atoms with Gasteiger partial charge in [0.25, 0.3) is 17.7 Å². The van der Waals surface area contributed by atoms with E-state index in [9.17, 15) is 14.4 Å². The van der Waals surface area contributed by atoms with Crippen LogP contribution in [0.25, 0.3) is 0 Å². The zero-order valence-electron chi connectivity index (χ0n) is 15.2. The van der Waals surface area contributed by atoms with Crippen molar-refractivity contribution in [3.63, 3.8) is 0 Å². The van der Waals surface area contributed by atoms with Crippen LogP contribution in [0.2, 0.25) is 0 Å². The molecule has 0 spiro atoms. The van der Waals surface area contributed by atoms with Gasteiger partial charge in [0.1, 0.15) is 5.76 Å². The molecule has 2 aromatic rings. The summed E-state index contributed by atoms with van der Waals surface area (Å²) in [5.41, 5.74) is 0.967. The van der Waals surface area contributed by atoms with Crippen LogP contribution in [0, 0.1) is 0 Å². The molecule has 7 heteroatoms. The molecule has 0 bridgehead atoms. The van der Waals surface area contributed by atoms with Crippen molar-refractivity contribution >= 4 is 17.7 Å². The van der Waals surface area contributed by atoms with Gasteiger partial charge in [-0.2, -0.15) is 0 Å². The summed E-state index contributed by atoms with van der Waals surface area (Å²) >= 11 is 0. The minimum absolute atomic E-state index is 0.0425.